The molecule has 7 nitrogen and oxygen atoms in total. The van der Waals surface area contributed by atoms with Gasteiger partial charge in [-0.2, -0.15) is 0 Å². The summed E-state index contributed by atoms with van der Waals surface area (Å²) in [5.74, 6) is -0.0857. The van der Waals surface area contributed by atoms with Crippen LogP contribution in [0.5, 0.6) is 0 Å². The fraction of sp³-hybridized carbons (Fsp3) is 0.571. The van der Waals surface area contributed by atoms with Crippen LogP contribution < -0.4 is 16.0 Å². The minimum atomic E-state index is -0.224. The third kappa shape index (κ3) is 4.52. The smallest absolute Gasteiger partial charge is 0.251 e. The lowest BCUT2D eigenvalue weighted by atomic mass is 9.82. The van der Waals surface area contributed by atoms with Crippen molar-refractivity contribution in [3.05, 3.63) is 29.8 Å². The number of carbonyl (C=O) groups is 3. The van der Waals surface area contributed by atoms with E-state index in [2.05, 4.69) is 5.32 Å². The Morgan fingerprint density at radius 2 is 1.86 bits per heavy atom. The summed E-state index contributed by atoms with van der Waals surface area (Å²) in [5, 5.41) is 3.00. The third-order valence-electron chi connectivity index (χ3n) is 5.77. The van der Waals surface area contributed by atoms with Crippen molar-refractivity contribution in [3.8, 4) is 0 Å². The third-order valence-corrected chi connectivity index (χ3v) is 5.77. The highest BCUT2D eigenvalue weighted by Gasteiger charge is 2.33. The normalized spacial score (nSPS) is 25.3. The monoisotopic (exact) mass is 386 g/mol. The molecule has 1 aliphatic heterocycles. The number of anilines is 1. The molecule has 1 aromatic rings. The van der Waals surface area contributed by atoms with Crippen molar-refractivity contribution in [2.24, 2.45) is 11.7 Å². The zero-order valence-corrected chi connectivity index (χ0v) is 16.7. The highest BCUT2D eigenvalue weighted by Crippen LogP contribution is 2.26. The molecule has 2 aliphatic rings. The Hall–Kier alpha value is -2.41. The van der Waals surface area contributed by atoms with Crippen molar-refractivity contribution in [2.45, 2.75) is 50.6 Å². The first kappa shape index (κ1) is 20.3. The summed E-state index contributed by atoms with van der Waals surface area (Å²) in [6, 6.07) is 6.74. The zero-order valence-electron chi connectivity index (χ0n) is 16.7. The van der Waals surface area contributed by atoms with Crippen molar-refractivity contribution in [1.82, 2.24) is 10.2 Å². The Kier molecular flexibility index (Phi) is 6.34. The van der Waals surface area contributed by atoms with E-state index >= 15 is 0 Å². The van der Waals surface area contributed by atoms with Crippen LogP contribution in [0, 0.1) is 5.92 Å². The van der Waals surface area contributed by atoms with Crippen LogP contribution in [0.1, 0.15) is 48.9 Å². The molecule has 1 aromatic carbocycles. The number of piperidine rings is 1. The van der Waals surface area contributed by atoms with E-state index in [4.69, 9.17) is 5.73 Å². The number of benzene rings is 1. The van der Waals surface area contributed by atoms with Crippen LogP contribution in [-0.2, 0) is 9.59 Å². The number of carbonyl (C=O) groups excluding carboxylic acids is 3. The molecule has 3 rings (SSSR count). The number of hydrogen-bond donors (Lipinski definition) is 2. The summed E-state index contributed by atoms with van der Waals surface area (Å²) in [7, 11) is 3.50. The number of nitrogens with zero attached hydrogens (tertiary/aromatic N) is 2. The van der Waals surface area contributed by atoms with Crippen molar-refractivity contribution in [2.75, 3.05) is 25.5 Å². The van der Waals surface area contributed by atoms with Crippen LogP contribution in [0.25, 0.3) is 0 Å². The lowest BCUT2D eigenvalue weighted by molar-refractivity contribution is -0.134. The Morgan fingerprint density at radius 3 is 2.50 bits per heavy atom. The van der Waals surface area contributed by atoms with Crippen molar-refractivity contribution in [3.63, 3.8) is 0 Å². The van der Waals surface area contributed by atoms with Gasteiger partial charge in [0, 0.05) is 56.3 Å². The van der Waals surface area contributed by atoms with Crippen molar-refractivity contribution in [1.29, 1.82) is 0 Å². The van der Waals surface area contributed by atoms with E-state index in [0.717, 1.165) is 31.5 Å². The average molecular weight is 386 g/mol. The van der Waals surface area contributed by atoms with Gasteiger partial charge in [-0.05, 0) is 56.4 Å². The van der Waals surface area contributed by atoms with Gasteiger partial charge in [0.2, 0.25) is 11.8 Å². The second kappa shape index (κ2) is 8.73. The first-order chi connectivity index (χ1) is 13.4. The molecule has 1 saturated carbocycles. The fourth-order valence-electron chi connectivity index (χ4n) is 4.07. The number of nitrogens with two attached hydrogens (primary N) is 1. The molecule has 1 heterocycles. The van der Waals surface area contributed by atoms with Crippen LogP contribution in [-0.4, -0.2) is 55.3 Å². The minimum absolute atomic E-state index is 0.0849. The second-order valence-electron chi connectivity index (χ2n) is 8.04. The molecule has 152 valence electrons. The van der Waals surface area contributed by atoms with Gasteiger partial charge in [-0.3, -0.25) is 14.4 Å². The maximum atomic E-state index is 12.7. The summed E-state index contributed by atoms with van der Waals surface area (Å²) >= 11 is 0. The Balaban J connectivity index is 1.63. The van der Waals surface area contributed by atoms with Crippen LogP contribution in [0.15, 0.2) is 24.3 Å². The summed E-state index contributed by atoms with van der Waals surface area (Å²) < 4.78 is 0. The standard InChI is InChI=1S/C21H30N4O3/c1-24(2)21(28)15-8-11-17(22)18(13-15)23-20(27)14-6-9-16(10-7-14)25-12-4-3-5-19(25)26/h6-7,9-10,15,17-18H,3-5,8,11-13,22H2,1-2H3,(H,23,27). The van der Waals surface area contributed by atoms with Gasteiger partial charge < -0.3 is 20.9 Å². The van der Waals surface area contributed by atoms with Gasteiger partial charge in [0.1, 0.15) is 0 Å². The largest absolute Gasteiger partial charge is 0.349 e. The predicted molar refractivity (Wildman–Crippen MR) is 108 cm³/mol. The van der Waals surface area contributed by atoms with Gasteiger partial charge in [0.05, 0.1) is 0 Å². The highest BCUT2D eigenvalue weighted by molar-refractivity contribution is 5.97. The minimum Gasteiger partial charge on any atom is -0.349 e. The number of hydrogen-bond acceptors (Lipinski definition) is 4. The molecule has 1 aliphatic carbocycles. The molecule has 0 radical (unpaired) electrons. The van der Waals surface area contributed by atoms with Crippen molar-refractivity contribution < 1.29 is 14.4 Å². The maximum Gasteiger partial charge on any atom is 0.251 e. The molecule has 28 heavy (non-hydrogen) atoms. The first-order valence-corrected chi connectivity index (χ1v) is 10.0. The molecule has 3 N–H and O–H groups in total. The molecule has 2 fully saturated rings. The lowest BCUT2D eigenvalue weighted by Gasteiger charge is -2.35. The molecule has 3 unspecified atom stereocenters. The summed E-state index contributed by atoms with van der Waals surface area (Å²) in [5.41, 5.74) is 7.55. The second-order valence-corrected chi connectivity index (χ2v) is 8.04. The number of nitrogens with one attached hydrogen (secondary N) is 1. The molecule has 0 bridgehead atoms. The highest BCUT2D eigenvalue weighted by atomic mass is 16.2. The maximum absolute atomic E-state index is 12.7. The van der Waals surface area contributed by atoms with Gasteiger partial charge in [0.25, 0.3) is 5.91 Å². The van der Waals surface area contributed by atoms with Gasteiger partial charge >= 0.3 is 0 Å². The molecule has 3 atom stereocenters. The summed E-state index contributed by atoms with van der Waals surface area (Å²) in [4.78, 5) is 40.4. The van der Waals surface area contributed by atoms with Gasteiger partial charge in [0.15, 0.2) is 0 Å². The van der Waals surface area contributed by atoms with Gasteiger partial charge in [-0.1, -0.05) is 0 Å². The van der Waals surface area contributed by atoms with Crippen LogP contribution in [0.2, 0.25) is 0 Å². The summed E-state index contributed by atoms with van der Waals surface area (Å²) in [6.07, 6.45) is 4.54. The van der Waals surface area contributed by atoms with E-state index < -0.39 is 0 Å². The molecule has 7 heteroatoms. The van der Waals surface area contributed by atoms with Crippen LogP contribution in [0.3, 0.4) is 0 Å². The first-order valence-electron chi connectivity index (χ1n) is 10.0. The molecular weight excluding hydrogens is 356 g/mol. The fourth-order valence-corrected chi connectivity index (χ4v) is 4.07. The number of rotatable bonds is 4. The number of amides is 3. The lowest BCUT2D eigenvalue weighted by Crippen LogP contribution is -2.52. The van der Waals surface area contributed by atoms with Crippen LogP contribution in [0.4, 0.5) is 5.69 Å². The molecule has 0 aromatic heterocycles. The SMILES string of the molecule is CN(C)C(=O)C1CCC(N)C(NC(=O)c2ccc(N3CCCCC3=O)cc2)C1. The predicted octanol–water partition coefficient (Wildman–Crippen LogP) is 1.52. The topological polar surface area (TPSA) is 95.7 Å². The van der Waals surface area contributed by atoms with E-state index in [1.54, 1.807) is 36.0 Å². The molecular formula is C21H30N4O3. The van der Waals surface area contributed by atoms with E-state index in [1.807, 2.05) is 12.1 Å². The molecule has 1 saturated heterocycles. The average Bonchev–Trinajstić information content (AvgIpc) is 2.69. The van der Waals surface area contributed by atoms with E-state index in [0.29, 0.717) is 24.8 Å². The Labute approximate surface area is 166 Å². The van der Waals surface area contributed by atoms with Crippen molar-refractivity contribution >= 4 is 23.4 Å². The molecule has 0 spiro atoms. The van der Waals surface area contributed by atoms with E-state index in [1.165, 1.54) is 0 Å². The quantitative estimate of drug-likeness (QED) is 0.820. The zero-order chi connectivity index (χ0) is 20.3. The van der Waals surface area contributed by atoms with E-state index in [9.17, 15) is 14.4 Å². The molecule has 3 amide bonds. The van der Waals surface area contributed by atoms with E-state index in [-0.39, 0.29) is 35.7 Å². The Bertz CT molecular complexity index is 732. The summed E-state index contributed by atoms with van der Waals surface area (Å²) in [6.45, 7) is 0.725. The Morgan fingerprint density at radius 1 is 1.14 bits per heavy atom. The van der Waals surface area contributed by atoms with Gasteiger partial charge in [-0.25, -0.2) is 0 Å². The van der Waals surface area contributed by atoms with Crippen LogP contribution >= 0.6 is 0 Å². The van der Waals surface area contributed by atoms with Gasteiger partial charge in [-0.15, -0.1) is 0 Å².